The zero-order valence-corrected chi connectivity index (χ0v) is 15.9. The highest BCUT2D eigenvalue weighted by Crippen LogP contribution is 2.32. The second-order valence-corrected chi connectivity index (χ2v) is 7.01. The van der Waals surface area contributed by atoms with Crippen LogP contribution < -0.4 is 9.64 Å². The summed E-state index contributed by atoms with van der Waals surface area (Å²) >= 11 is 0. The molecule has 1 fully saturated rings. The summed E-state index contributed by atoms with van der Waals surface area (Å²) in [7, 11) is 1.67. The number of benzene rings is 3. The van der Waals surface area contributed by atoms with Gasteiger partial charge in [-0.25, -0.2) is 0 Å². The van der Waals surface area contributed by atoms with Crippen molar-refractivity contribution in [3.8, 4) is 11.5 Å². The summed E-state index contributed by atoms with van der Waals surface area (Å²) < 4.78 is 5.56. The molecule has 0 unspecified atom stereocenters. The molecule has 0 radical (unpaired) electrons. The molecule has 4 heteroatoms. The third-order valence-electron chi connectivity index (χ3n) is 5.24. The van der Waals surface area contributed by atoms with Crippen LogP contribution in [0.15, 0.2) is 60.7 Å². The molecule has 1 aliphatic rings. The van der Waals surface area contributed by atoms with Gasteiger partial charge >= 0.3 is 0 Å². The molecule has 0 aromatic heterocycles. The van der Waals surface area contributed by atoms with Gasteiger partial charge in [0, 0.05) is 18.5 Å². The number of fused-ring (bicyclic) bond motifs is 1. The van der Waals surface area contributed by atoms with Gasteiger partial charge < -0.3 is 14.7 Å². The summed E-state index contributed by atoms with van der Waals surface area (Å²) in [5.74, 6) is 0.602. The molecule has 0 bridgehead atoms. The van der Waals surface area contributed by atoms with E-state index in [4.69, 9.17) is 4.74 Å². The summed E-state index contributed by atoms with van der Waals surface area (Å²) in [6.45, 7) is 2.09. The van der Waals surface area contributed by atoms with Crippen LogP contribution in [0, 0.1) is 0 Å². The third-order valence-corrected chi connectivity index (χ3v) is 5.24. The lowest BCUT2D eigenvalue weighted by molar-refractivity contribution is 0.104. The van der Waals surface area contributed by atoms with Gasteiger partial charge in [0.1, 0.15) is 11.5 Å². The Morgan fingerprint density at radius 2 is 1.86 bits per heavy atom. The highest BCUT2D eigenvalue weighted by Gasteiger charge is 2.16. The number of hydrogen-bond donors (Lipinski definition) is 1. The molecule has 28 heavy (non-hydrogen) atoms. The van der Waals surface area contributed by atoms with Crippen molar-refractivity contribution in [1.29, 1.82) is 0 Å². The van der Waals surface area contributed by atoms with Crippen molar-refractivity contribution in [3.05, 3.63) is 71.8 Å². The largest absolute Gasteiger partial charge is 0.507 e. The Hall–Kier alpha value is -3.27. The fourth-order valence-corrected chi connectivity index (χ4v) is 3.73. The highest BCUT2D eigenvalue weighted by molar-refractivity contribution is 6.11. The molecular formula is C24H23NO3. The first-order valence-corrected chi connectivity index (χ1v) is 9.53. The van der Waals surface area contributed by atoms with E-state index < -0.39 is 0 Å². The molecule has 0 atom stereocenters. The van der Waals surface area contributed by atoms with Crippen LogP contribution in [-0.4, -0.2) is 31.1 Å². The van der Waals surface area contributed by atoms with E-state index in [1.165, 1.54) is 18.9 Å². The van der Waals surface area contributed by atoms with E-state index in [0.717, 1.165) is 35.5 Å². The van der Waals surface area contributed by atoms with Crippen LogP contribution in [0.4, 0.5) is 5.69 Å². The fourth-order valence-electron chi connectivity index (χ4n) is 3.73. The molecule has 1 aliphatic heterocycles. The first-order valence-electron chi connectivity index (χ1n) is 9.53. The molecule has 0 saturated carbocycles. The van der Waals surface area contributed by atoms with Gasteiger partial charge in [0.25, 0.3) is 0 Å². The normalized spacial score (nSPS) is 14.1. The topological polar surface area (TPSA) is 49.8 Å². The maximum atomic E-state index is 12.6. The Bertz CT molecular complexity index is 1050. The lowest BCUT2D eigenvalue weighted by Crippen LogP contribution is -2.18. The Labute approximate surface area is 164 Å². The van der Waals surface area contributed by atoms with Crippen molar-refractivity contribution in [1.82, 2.24) is 0 Å². The zero-order valence-electron chi connectivity index (χ0n) is 15.9. The number of anilines is 1. The number of carbonyl (C=O) groups excluding carboxylic acids is 1. The van der Waals surface area contributed by atoms with Crippen LogP contribution in [-0.2, 0) is 0 Å². The number of carbonyl (C=O) groups is 1. The highest BCUT2D eigenvalue weighted by atomic mass is 16.5. The van der Waals surface area contributed by atoms with Crippen molar-refractivity contribution in [3.63, 3.8) is 0 Å². The van der Waals surface area contributed by atoms with Crippen molar-refractivity contribution in [2.75, 3.05) is 25.1 Å². The van der Waals surface area contributed by atoms with Crippen molar-refractivity contribution >= 4 is 28.3 Å². The molecule has 142 valence electrons. The number of ketones is 1. The number of phenolic OH excluding ortho intramolecular Hbond substituents is 1. The van der Waals surface area contributed by atoms with Gasteiger partial charge in [-0.05, 0) is 48.1 Å². The van der Waals surface area contributed by atoms with E-state index in [1.54, 1.807) is 19.3 Å². The lowest BCUT2D eigenvalue weighted by atomic mass is 10.0. The van der Waals surface area contributed by atoms with Crippen LogP contribution in [0.25, 0.3) is 16.8 Å². The SMILES string of the molecule is COc1cc(/C=C/C(=O)c2ccc3ccccc3c2O)ccc1N1CCCC1. The van der Waals surface area contributed by atoms with E-state index in [0.29, 0.717) is 10.9 Å². The monoisotopic (exact) mass is 373 g/mol. The number of rotatable bonds is 5. The Morgan fingerprint density at radius 1 is 1.07 bits per heavy atom. The zero-order chi connectivity index (χ0) is 19.5. The minimum atomic E-state index is -0.231. The minimum Gasteiger partial charge on any atom is -0.507 e. The number of hydrogen-bond acceptors (Lipinski definition) is 4. The van der Waals surface area contributed by atoms with Gasteiger partial charge in [-0.1, -0.05) is 42.5 Å². The minimum absolute atomic E-state index is 0.0229. The molecule has 0 aliphatic carbocycles. The van der Waals surface area contributed by atoms with Gasteiger partial charge in [-0.3, -0.25) is 4.79 Å². The number of nitrogens with zero attached hydrogens (tertiary/aromatic N) is 1. The Morgan fingerprint density at radius 3 is 2.64 bits per heavy atom. The van der Waals surface area contributed by atoms with Crippen molar-refractivity contribution < 1.29 is 14.6 Å². The number of ether oxygens (including phenoxy) is 1. The average Bonchev–Trinajstić information content (AvgIpc) is 3.27. The maximum Gasteiger partial charge on any atom is 0.189 e. The molecule has 4 nitrogen and oxygen atoms in total. The van der Waals surface area contributed by atoms with E-state index in [2.05, 4.69) is 4.90 Å². The second kappa shape index (κ2) is 7.77. The molecule has 1 saturated heterocycles. The van der Waals surface area contributed by atoms with Gasteiger partial charge in [0.15, 0.2) is 5.78 Å². The fraction of sp³-hybridized carbons (Fsp3) is 0.208. The van der Waals surface area contributed by atoms with E-state index in [9.17, 15) is 9.90 Å². The summed E-state index contributed by atoms with van der Waals surface area (Å²) in [6.07, 6.45) is 5.66. The number of methoxy groups -OCH3 is 1. The Balaban J connectivity index is 1.58. The standard InChI is InChI=1S/C24H23NO3/c1-28-23-16-17(8-12-21(23)25-14-4-5-15-25)9-13-22(26)20-11-10-18-6-2-3-7-19(18)24(20)27/h2-3,6-13,16,27H,4-5,14-15H2,1H3/b13-9+. The second-order valence-electron chi connectivity index (χ2n) is 7.01. The van der Waals surface area contributed by atoms with Crippen LogP contribution in [0.5, 0.6) is 11.5 Å². The number of allylic oxidation sites excluding steroid dienone is 1. The predicted octanol–water partition coefficient (Wildman–Crippen LogP) is 5.05. The molecular weight excluding hydrogens is 350 g/mol. The van der Waals surface area contributed by atoms with Crippen molar-refractivity contribution in [2.24, 2.45) is 0 Å². The molecule has 0 amide bonds. The summed E-state index contributed by atoms with van der Waals surface area (Å²) in [5, 5.41) is 12.1. The van der Waals surface area contributed by atoms with Crippen LogP contribution >= 0.6 is 0 Å². The van der Waals surface area contributed by atoms with Gasteiger partial charge in [-0.2, -0.15) is 0 Å². The van der Waals surface area contributed by atoms with E-state index >= 15 is 0 Å². The summed E-state index contributed by atoms with van der Waals surface area (Å²) in [4.78, 5) is 15.0. The molecule has 1 heterocycles. The van der Waals surface area contributed by atoms with Gasteiger partial charge in [-0.15, -0.1) is 0 Å². The molecule has 3 aromatic carbocycles. The summed E-state index contributed by atoms with van der Waals surface area (Å²) in [6, 6.07) is 17.0. The average molecular weight is 373 g/mol. The van der Waals surface area contributed by atoms with Crippen LogP contribution in [0.3, 0.4) is 0 Å². The number of aromatic hydroxyl groups is 1. The van der Waals surface area contributed by atoms with Crippen LogP contribution in [0.1, 0.15) is 28.8 Å². The van der Waals surface area contributed by atoms with E-state index in [-0.39, 0.29) is 11.5 Å². The van der Waals surface area contributed by atoms with Gasteiger partial charge in [0.05, 0.1) is 18.4 Å². The summed E-state index contributed by atoms with van der Waals surface area (Å²) in [5.41, 5.74) is 2.28. The van der Waals surface area contributed by atoms with Gasteiger partial charge in [0.2, 0.25) is 0 Å². The smallest absolute Gasteiger partial charge is 0.189 e. The first kappa shape index (κ1) is 18.1. The molecule has 4 rings (SSSR count). The quantitative estimate of drug-likeness (QED) is 0.502. The van der Waals surface area contributed by atoms with Crippen molar-refractivity contribution in [2.45, 2.75) is 12.8 Å². The lowest BCUT2D eigenvalue weighted by Gasteiger charge is -2.20. The first-order chi connectivity index (χ1) is 13.7. The maximum absolute atomic E-state index is 12.6. The van der Waals surface area contributed by atoms with Crippen LogP contribution in [0.2, 0.25) is 0 Å². The Kier molecular flexibility index (Phi) is 5.02. The van der Waals surface area contributed by atoms with E-state index in [1.807, 2.05) is 48.5 Å². The predicted molar refractivity (Wildman–Crippen MR) is 113 cm³/mol. The molecule has 1 N–H and O–H groups in total. The molecule has 3 aromatic rings. The third kappa shape index (κ3) is 3.46. The molecule has 0 spiro atoms. The number of phenols is 1.